The molecule has 6 heteroatoms. The van der Waals surface area contributed by atoms with Crippen LogP contribution >= 0.6 is 0 Å². The highest BCUT2D eigenvalue weighted by atomic mass is 16.4. The van der Waals surface area contributed by atoms with Crippen LogP contribution in [0.1, 0.15) is 45.2 Å². The number of nitrogens with one attached hydrogen (secondary N) is 2. The van der Waals surface area contributed by atoms with Crippen LogP contribution in [-0.4, -0.2) is 28.9 Å². The lowest BCUT2D eigenvalue weighted by Crippen LogP contribution is -2.44. The molecule has 0 bridgehead atoms. The van der Waals surface area contributed by atoms with Crippen LogP contribution in [0.2, 0.25) is 0 Å². The summed E-state index contributed by atoms with van der Waals surface area (Å²) in [5.41, 5.74) is 0.982. The number of amides is 2. The minimum absolute atomic E-state index is 0.0213. The van der Waals surface area contributed by atoms with E-state index < -0.39 is 17.9 Å². The zero-order valence-corrected chi connectivity index (χ0v) is 13.7. The van der Waals surface area contributed by atoms with Gasteiger partial charge in [-0.1, -0.05) is 44.2 Å². The first kappa shape index (κ1) is 18.7. The molecule has 0 saturated heterocycles. The molecule has 0 radical (unpaired) electrons. The quantitative estimate of drug-likeness (QED) is 0.681. The van der Waals surface area contributed by atoms with Gasteiger partial charge in [0.15, 0.2) is 0 Å². The van der Waals surface area contributed by atoms with E-state index in [-0.39, 0.29) is 30.7 Å². The number of hydrogen-bond donors (Lipinski definition) is 3. The van der Waals surface area contributed by atoms with Crippen molar-refractivity contribution < 1.29 is 19.5 Å². The standard InChI is InChI=1S/C17H24N2O4/c1-11(2)16(17(22)23)19-15(21)10-9-14(20)18-12(3)13-7-5-4-6-8-13/h4-8,11-12,16H,9-10H2,1-3H3,(H,18,20)(H,19,21)(H,22,23)/t12-,16-/m1/s1. The maximum absolute atomic E-state index is 11.9. The van der Waals surface area contributed by atoms with Crippen LogP contribution in [0.4, 0.5) is 0 Å². The van der Waals surface area contributed by atoms with Gasteiger partial charge in [0.1, 0.15) is 6.04 Å². The fraction of sp³-hybridized carbons (Fsp3) is 0.471. The summed E-state index contributed by atoms with van der Waals surface area (Å²) in [5, 5.41) is 14.3. The van der Waals surface area contributed by atoms with Crippen molar-refractivity contribution in [1.82, 2.24) is 10.6 Å². The third-order valence-electron chi connectivity index (χ3n) is 3.51. The molecule has 0 aromatic heterocycles. The van der Waals surface area contributed by atoms with E-state index in [1.54, 1.807) is 13.8 Å². The van der Waals surface area contributed by atoms with Gasteiger partial charge in [-0.15, -0.1) is 0 Å². The zero-order chi connectivity index (χ0) is 17.4. The van der Waals surface area contributed by atoms with Gasteiger partial charge in [0, 0.05) is 12.8 Å². The molecule has 0 aliphatic heterocycles. The summed E-state index contributed by atoms with van der Waals surface area (Å²) in [5.74, 6) is -1.97. The Labute approximate surface area is 136 Å². The van der Waals surface area contributed by atoms with E-state index in [0.29, 0.717) is 0 Å². The lowest BCUT2D eigenvalue weighted by Gasteiger charge is -2.18. The Morgan fingerprint density at radius 1 is 0.957 bits per heavy atom. The molecule has 6 nitrogen and oxygen atoms in total. The van der Waals surface area contributed by atoms with Crippen molar-refractivity contribution in [2.45, 2.75) is 45.7 Å². The maximum Gasteiger partial charge on any atom is 0.326 e. The summed E-state index contributed by atoms with van der Waals surface area (Å²) >= 11 is 0. The van der Waals surface area contributed by atoms with Gasteiger partial charge in [0.05, 0.1) is 6.04 Å². The highest BCUT2D eigenvalue weighted by Gasteiger charge is 2.23. The Balaban J connectivity index is 2.41. The molecular formula is C17H24N2O4. The molecule has 0 heterocycles. The van der Waals surface area contributed by atoms with Crippen LogP contribution in [0.15, 0.2) is 30.3 Å². The molecule has 0 aliphatic rings. The highest BCUT2D eigenvalue weighted by Crippen LogP contribution is 2.11. The third kappa shape index (κ3) is 6.50. The predicted octanol–water partition coefficient (Wildman–Crippen LogP) is 1.87. The first-order chi connectivity index (χ1) is 10.8. The number of carboxylic acids is 1. The molecule has 1 aromatic carbocycles. The number of carbonyl (C=O) groups excluding carboxylic acids is 2. The Morgan fingerprint density at radius 3 is 1.96 bits per heavy atom. The Bertz CT molecular complexity index is 543. The van der Waals surface area contributed by atoms with Gasteiger partial charge in [-0.05, 0) is 18.4 Å². The van der Waals surface area contributed by atoms with Gasteiger partial charge in [-0.25, -0.2) is 4.79 Å². The molecule has 2 atom stereocenters. The van der Waals surface area contributed by atoms with Crippen LogP contribution in [0, 0.1) is 5.92 Å². The van der Waals surface area contributed by atoms with Crippen molar-refractivity contribution in [3.63, 3.8) is 0 Å². The maximum atomic E-state index is 11.9. The monoisotopic (exact) mass is 320 g/mol. The van der Waals surface area contributed by atoms with E-state index in [1.807, 2.05) is 37.3 Å². The second kappa shape index (κ2) is 8.92. The number of carbonyl (C=O) groups is 3. The minimum atomic E-state index is -1.07. The molecule has 0 aliphatic carbocycles. The van der Waals surface area contributed by atoms with Crippen molar-refractivity contribution in [2.24, 2.45) is 5.92 Å². The van der Waals surface area contributed by atoms with Crippen molar-refractivity contribution >= 4 is 17.8 Å². The number of carboxylic acid groups (broad SMARTS) is 1. The first-order valence-electron chi connectivity index (χ1n) is 7.67. The third-order valence-corrected chi connectivity index (χ3v) is 3.51. The molecule has 23 heavy (non-hydrogen) atoms. The van der Waals surface area contributed by atoms with E-state index in [2.05, 4.69) is 10.6 Å². The molecule has 0 unspecified atom stereocenters. The highest BCUT2D eigenvalue weighted by molar-refractivity contribution is 5.87. The molecule has 3 N–H and O–H groups in total. The average molecular weight is 320 g/mol. The van der Waals surface area contributed by atoms with Crippen molar-refractivity contribution in [2.75, 3.05) is 0 Å². The summed E-state index contributed by atoms with van der Waals surface area (Å²) in [7, 11) is 0. The van der Waals surface area contributed by atoms with E-state index in [0.717, 1.165) is 5.56 Å². The Morgan fingerprint density at radius 2 is 1.48 bits per heavy atom. The second-order valence-corrected chi connectivity index (χ2v) is 5.83. The summed E-state index contributed by atoms with van der Waals surface area (Å²) in [6, 6.07) is 8.43. The molecule has 2 amide bonds. The SMILES string of the molecule is CC(C)[C@@H](NC(=O)CCC(=O)N[C@H](C)c1ccccc1)C(=O)O. The van der Waals surface area contributed by atoms with Gasteiger partial charge in [-0.2, -0.15) is 0 Å². The van der Waals surface area contributed by atoms with Crippen molar-refractivity contribution in [3.8, 4) is 0 Å². The number of hydrogen-bond acceptors (Lipinski definition) is 3. The van der Waals surface area contributed by atoms with Gasteiger partial charge in [0.25, 0.3) is 0 Å². The van der Waals surface area contributed by atoms with E-state index in [1.165, 1.54) is 0 Å². The van der Waals surface area contributed by atoms with Crippen LogP contribution in [0.25, 0.3) is 0 Å². The van der Waals surface area contributed by atoms with E-state index in [4.69, 9.17) is 5.11 Å². The van der Waals surface area contributed by atoms with Crippen LogP contribution in [0.5, 0.6) is 0 Å². The van der Waals surface area contributed by atoms with Crippen LogP contribution in [-0.2, 0) is 14.4 Å². The van der Waals surface area contributed by atoms with E-state index >= 15 is 0 Å². The summed E-state index contributed by atoms with van der Waals surface area (Å²) in [6.45, 7) is 5.30. The summed E-state index contributed by atoms with van der Waals surface area (Å²) in [4.78, 5) is 34.7. The van der Waals surface area contributed by atoms with Crippen LogP contribution < -0.4 is 10.6 Å². The topological polar surface area (TPSA) is 95.5 Å². The largest absolute Gasteiger partial charge is 0.480 e. The van der Waals surface area contributed by atoms with Gasteiger partial charge >= 0.3 is 5.97 Å². The fourth-order valence-corrected chi connectivity index (χ4v) is 2.12. The fourth-order valence-electron chi connectivity index (χ4n) is 2.12. The number of aliphatic carboxylic acids is 1. The Kier molecular flexibility index (Phi) is 7.25. The minimum Gasteiger partial charge on any atom is -0.480 e. The normalized spacial score (nSPS) is 13.2. The summed E-state index contributed by atoms with van der Waals surface area (Å²) < 4.78 is 0. The number of rotatable bonds is 8. The van der Waals surface area contributed by atoms with Crippen molar-refractivity contribution in [1.29, 1.82) is 0 Å². The average Bonchev–Trinajstić information content (AvgIpc) is 2.50. The molecule has 0 fully saturated rings. The molecular weight excluding hydrogens is 296 g/mol. The zero-order valence-electron chi connectivity index (χ0n) is 13.7. The second-order valence-electron chi connectivity index (χ2n) is 5.83. The Hall–Kier alpha value is -2.37. The van der Waals surface area contributed by atoms with Crippen molar-refractivity contribution in [3.05, 3.63) is 35.9 Å². The lowest BCUT2D eigenvalue weighted by atomic mass is 10.0. The molecule has 0 saturated carbocycles. The predicted molar refractivity (Wildman–Crippen MR) is 86.6 cm³/mol. The molecule has 0 spiro atoms. The van der Waals surface area contributed by atoms with Gasteiger partial charge in [-0.3, -0.25) is 9.59 Å². The number of benzene rings is 1. The first-order valence-corrected chi connectivity index (χ1v) is 7.67. The van der Waals surface area contributed by atoms with Gasteiger partial charge < -0.3 is 15.7 Å². The summed E-state index contributed by atoms with van der Waals surface area (Å²) in [6.07, 6.45) is -0.0166. The molecule has 126 valence electrons. The molecule has 1 aromatic rings. The smallest absolute Gasteiger partial charge is 0.326 e. The van der Waals surface area contributed by atoms with Crippen LogP contribution in [0.3, 0.4) is 0 Å². The lowest BCUT2D eigenvalue weighted by molar-refractivity contribution is -0.143. The van der Waals surface area contributed by atoms with Gasteiger partial charge in [0.2, 0.25) is 11.8 Å². The molecule has 1 rings (SSSR count). The van der Waals surface area contributed by atoms with E-state index in [9.17, 15) is 14.4 Å².